The van der Waals surface area contributed by atoms with Gasteiger partial charge >= 0.3 is 0 Å². The van der Waals surface area contributed by atoms with Gasteiger partial charge in [-0.15, -0.1) is 0 Å². The van der Waals surface area contributed by atoms with Crippen molar-refractivity contribution in [2.24, 2.45) is 0 Å². The summed E-state index contributed by atoms with van der Waals surface area (Å²) >= 11 is 0. The van der Waals surface area contributed by atoms with Gasteiger partial charge in [-0.3, -0.25) is 0 Å². The predicted octanol–water partition coefficient (Wildman–Crippen LogP) is 6.58. The van der Waals surface area contributed by atoms with Gasteiger partial charge in [-0.1, -0.05) is 36.4 Å². The average Bonchev–Trinajstić information content (AvgIpc) is 2.74. The number of halogens is 1. The summed E-state index contributed by atoms with van der Waals surface area (Å²) in [5.41, 5.74) is 4.03. The number of aromatic hydroxyl groups is 1. The van der Waals surface area contributed by atoms with E-state index in [0.29, 0.717) is 5.75 Å². The van der Waals surface area contributed by atoms with Crippen LogP contribution in [0.5, 0.6) is 17.2 Å². The summed E-state index contributed by atoms with van der Waals surface area (Å²) in [6.45, 7) is 6.10. The first-order valence-corrected chi connectivity index (χ1v) is 10.7. The Balaban J connectivity index is 1.87. The Morgan fingerprint density at radius 1 is 0.968 bits per heavy atom. The van der Waals surface area contributed by atoms with Crippen LogP contribution in [0.1, 0.15) is 61.3 Å². The van der Waals surface area contributed by atoms with Crippen molar-refractivity contribution in [3.63, 3.8) is 0 Å². The maximum Gasteiger partial charge on any atom is 0.165 e. The number of hydrogen-bond acceptors (Lipinski definition) is 3. The van der Waals surface area contributed by atoms with E-state index < -0.39 is 11.6 Å². The van der Waals surface area contributed by atoms with E-state index in [9.17, 15) is 9.50 Å². The van der Waals surface area contributed by atoms with E-state index in [0.717, 1.165) is 29.7 Å². The van der Waals surface area contributed by atoms with Crippen LogP contribution in [-0.2, 0) is 6.42 Å². The van der Waals surface area contributed by atoms with Crippen LogP contribution < -0.4 is 9.47 Å². The van der Waals surface area contributed by atoms with Gasteiger partial charge in [0, 0.05) is 17.5 Å². The maximum absolute atomic E-state index is 14.5. The first kappa shape index (κ1) is 21.2. The molecule has 0 aromatic heterocycles. The molecule has 1 N–H and O–H groups in total. The molecule has 1 aliphatic rings. The van der Waals surface area contributed by atoms with Crippen molar-refractivity contribution >= 4 is 0 Å². The number of benzene rings is 3. The lowest BCUT2D eigenvalue weighted by molar-refractivity contribution is 0.130. The zero-order valence-electron chi connectivity index (χ0n) is 18.5. The van der Waals surface area contributed by atoms with Crippen LogP contribution in [0, 0.1) is 5.82 Å². The zero-order chi connectivity index (χ0) is 22.2. The first-order chi connectivity index (χ1) is 14.8. The lowest BCUT2D eigenvalue weighted by Gasteiger charge is -2.36. The largest absolute Gasteiger partial charge is 0.505 e. The van der Waals surface area contributed by atoms with E-state index in [1.54, 1.807) is 7.11 Å². The molecule has 0 heterocycles. The van der Waals surface area contributed by atoms with Gasteiger partial charge in [0.15, 0.2) is 11.6 Å². The summed E-state index contributed by atoms with van der Waals surface area (Å²) in [5, 5.41) is 9.91. The van der Waals surface area contributed by atoms with E-state index in [1.165, 1.54) is 23.3 Å². The summed E-state index contributed by atoms with van der Waals surface area (Å²) in [6.07, 6.45) is 1.84. The molecule has 2 atom stereocenters. The molecule has 162 valence electrons. The summed E-state index contributed by atoms with van der Waals surface area (Å²) in [4.78, 5) is 0. The van der Waals surface area contributed by atoms with E-state index >= 15 is 0 Å². The minimum absolute atomic E-state index is 0.0973. The fourth-order valence-corrected chi connectivity index (χ4v) is 4.63. The highest BCUT2D eigenvalue weighted by molar-refractivity contribution is 5.53. The highest BCUT2D eigenvalue weighted by Gasteiger charge is 2.34. The molecule has 4 rings (SSSR count). The Hall–Kier alpha value is -3.01. The Morgan fingerprint density at radius 3 is 2.39 bits per heavy atom. The van der Waals surface area contributed by atoms with Gasteiger partial charge in [-0.05, 0) is 74.4 Å². The fraction of sp³-hybridized carbons (Fsp3) is 0.333. The highest BCUT2D eigenvalue weighted by Crippen LogP contribution is 2.50. The average molecular weight is 421 g/mol. The van der Waals surface area contributed by atoms with E-state index in [2.05, 4.69) is 24.3 Å². The monoisotopic (exact) mass is 420 g/mol. The molecule has 4 heteroatoms. The van der Waals surface area contributed by atoms with Gasteiger partial charge in [0.2, 0.25) is 0 Å². The van der Waals surface area contributed by atoms with Crippen LogP contribution in [-0.4, -0.2) is 17.8 Å². The number of aryl methyl sites for hydroxylation is 1. The molecule has 1 aliphatic carbocycles. The third-order valence-corrected chi connectivity index (χ3v) is 5.86. The van der Waals surface area contributed by atoms with Gasteiger partial charge in [0.05, 0.1) is 7.11 Å². The number of methoxy groups -OCH3 is 1. The second-order valence-electron chi connectivity index (χ2n) is 9.15. The Kier molecular flexibility index (Phi) is 5.65. The highest BCUT2D eigenvalue weighted by atomic mass is 19.1. The van der Waals surface area contributed by atoms with Crippen LogP contribution in [0.4, 0.5) is 4.39 Å². The molecule has 0 aliphatic heterocycles. The third kappa shape index (κ3) is 4.39. The predicted molar refractivity (Wildman–Crippen MR) is 121 cm³/mol. The molecule has 0 amide bonds. The van der Waals surface area contributed by atoms with Crippen molar-refractivity contribution in [3.8, 4) is 17.2 Å². The number of rotatable bonds is 4. The van der Waals surface area contributed by atoms with Crippen molar-refractivity contribution in [2.45, 2.75) is 51.0 Å². The van der Waals surface area contributed by atoms with Crippen molar-refractivity contribution in [1.29, 1.82) is 0 Å². The van der Waals surface area contributed by atoms with Crippen LogP contribution in [0.25, 0.3) is 0 Å². The van der Waals surface area contributed by atoms with Crippen LogP contribution in [0.15, 0.2) is 60.7 Å². The van der Waals surface area contributed by atoms with E-state index in [1.807, 2.05) is 45.0 Å². The van der Waals surface area contributed by atoms with Crippen molar-refractivity contribution in [1.82, 2.24) is 0 Å². The summed E-state index contributed by atoms with van der Waals surface area (Å²) < 4.78 is 26.1. The van der Waals surface area contributed by atoms with Gasteiger partial charge < -0.3 is 14.6 Å². The quantitative estimate of drug-likeness (QED) is 0.518. The number of hydrogen-bond donors (Lipinski definition) is 1. The second-order valence-corrected chi connectivity index (χ2v) is 9.15. The Labute approximate surface area is 183 Å². The number of phenolic OH excluding ortho intramolecular Hbond substituents is 1. The molecule has 0 fully saturated rings. The SMILES string of the molecule is COc1cc(O)c(F)cc1C1c2ccc(OC(C)(C)C)cc2CCC1c1ccccc1. The van der Waals surface area contributed by atoms with Crippen molar-refractivity contribution in [3.05, 3.63) is 88.7 Å². The smallest absolute Gasteiger partial charge is 0.165 e. The fourth-order valence-electron chi connectivity index (χ4n) is 4.63. The van der Waals surface area contributed by atoms with Crippen LogP contribution in [0.3, 0.4) is 0 Å². The number of phenols is 1. The molecule has 3 aromatic rings. The molecule has 31 heavy (non-hydrogen) atoms. The van der Waals surface area contributed by atoms with E-state index in [-0.39, 0.29) is 17.4 Å². The molecule has 2 unspecified atom stereocenters. The molecule has 0 saturated heterocycles. The normalized spacial score (nSPS) is 18.4. The zero-order valence-corrected chi connectivity index (χ0v) is 18.5. The Bertz CT molecular complexity index is 1070. The van der Waals surface area contributed by atoms with Crippen LogP contribution in [0.2, 0.25) is 0 Å². The van der Waals surface area contributed by atoms with E-state index in [4.69, 9.17) is 9.47 Å². The molecule has 3 aromatic carbocycles. The minimum Gasteiger partial charge on any atom is -0.505 e. The Morgan fingerprint density at radius 2 is 1.71 bits per heavy atom. The molecule has 0 spiro atoms. The molecular formula is C27H29FO3. The summed E-state index contributed by atoms with van der Waals surface area (Å²) in [6, 6.07) is 19.3. The lowest BCUT2D eigenvalue weighted by atomic mass is 9.69. The molecular weight excluding hydrogens is 391 g/mol. The lowest BCUT2D eigenvalue weighted by Crippen LogP contribution is -2.24. The summed E-state index contributed by atoms with van der Waals surface area (Å²) in [7, 11) is 1.55. The van der Waals surface area contributed by atoms with Crippen molar-refractivity contribution in [2.75, 3.05) is 7.11 Å². The number of fused-ring (bicyclic) bond motifs is 1. The third-order valence-electron chi connectivity index (χ3n) is 5.86. The van der Waals surface area contributed by atoms with Gasteiger partial charge in [0.1, 0.15) is 17.1 Å². The van der Waals surface area contributed by atoms with Gasteiger partial charge in [-0.25, -0.2) is 4.39 Å². The molecule has 0 radical (unpaired) electrons. The second kappa shape index (κ2) is 8.26. The first-order valence-electron chi connectivity index (χ1n) is 10.7. The summed E-state index contributed by atoms with van der Waals surface area (Å²) in [5.74, 6) is 0.366. The maximum atomic E-state index is 14.5. The molecule has 0 bridgehead atoms. The van der Waals surface area contributed by atoms with Gasteiger partial charge in [0.25, 0.3) is 0 Å². The molecule has 3 nitrogen and oxygen atoms in total. The standard InChI is InChI=1S/C27H29FO3/c1-27(2,3)31-19-11-13-21-18(14-19)10-12-20(17-8-6-5-7-9-17)26(21)22-15-23(28)24(29)16-25(22)30-4/h5-9,11,13-16,20,26,29H,10,12H2,1-4H3. The minimum atomic E-state index is -0.637. The molecule has 0 saturated carbocycles. The topological polar surface area (TPSA) is 38.7 Å². The van der Waals surface area contributed by atoms with Crippen molar-refractivity contribution < 1.29 is 19.0 Å². The van der Waals surface area contributed by atoms with Crippen LogP contribution >= 0.6 is 0 Å². The number of ether oxygens (including phenoxy) is 2. The van der Waals surface area contributed by atoms with Gasteiger partial charge in [-0.2, -0.15) is 0 Å².